The van der Waals surface area contributed by atoms with Crippen molar-refractivity contribution in [2.24, 2.45) is 5.41 Å². The monoisotopic (exact) mass is 282 g/mol. The zero-order valence-corrected chi connectivity index (χ0v) is 11.8. The maximum atomic E-state index is 12.5. The molecule has 4 amide bonds. The fourth-order valence-electron chi connectivity index (χ4n) is 3.14. The first-order chi connectivity index (χ1) is 8.97. The van der Waals surface area contributed by atoms with Crippen LogP contribution in [-0.4, -0.2) is 39.8 Å². The highest BCUT2D eigenvalue weighted by Gasteiger charge is 2.58. The lowest BCUT2D eigenvalue weighted by atomic mass is 9.66. The molecule has 0 aromatic heterocycles. The van der Waals surface area contributed by atoms with Crippen molar-refractivity contribution in [3.63, 3.8) is 0 Å². The number of urea groups is 1. The van der Waals surface area contributed by atoms with E-state index < -0.39 is 17.4 Å². The Kier molecular flexibility index (Phi) is 2.89. The van der Waals surface area contributed by atoms with Gasteiger partial charge in [-0.25, -0.2) is 4.79 Å². The van der Waals surface area contributed by atoms with Gasteiger partial charge in [-0.2, -0.15) is 11.8 Å². The van der Waals surface area contributed by atoms with Gasteiger partial charge < -0.3 is 0 Å². The summed E-state index contributed by atoms with van der Waals surface area (Å²) in [5.41, 5.74) is -0.937. The molecule has 0 aromatic carbocycles. The van der Waals surface area contributed by atoms with Gasteiger partial charge in [0.2, 0.25) is 11.8 Å². The molecule has 2 aliphatic heterocycles. The summed E-state index contributed by atoms with van der Waals surface area (Å²) in [6.45, 7) is 2.51. The summed E-state index contributed by atoms with van der Waals surface area (Å²) in [5.74, 6) is 0.403. The summed E-state index contributed by atoms with van der Waals surface area (Å²) >= 11 is 1.81. The van der Waals surface area contributed by atoms with Gasteiger partial charge in [-0.1, -0.05) is 6.42 Å². The molecular weight excluding hydrogens is 264 g/mol. The van der Waals surface area contributed by atoms with E-state index in [0.717, 1.165) is 25.0 Å². The Labute approximate surface area is 116 Å². The first-order valence-electron chi connectivity index (χ1n) is 6.78. The summed E-state index contributed by atoms with van der Waals surface area (Å²) in [5, 5.41) is 2.36. The lowest BCUT2D eigenvalue weighted by molar-refractivity contribution is -0.157. The lowest BCUT2D eigenvalue weighted by Gasteiger charge is -2.46. The van der Waals surface area contributed by atoms with Crippen molar-refractivity contribution in [3.05, 3.63) is 0 Å². The summed E-state index contributed by atoms with van der Waals surface area (Å²) in [6.07, 6.45) is 4.16. The molecule has 0 radical (unpaired) electrons. The molecule has 1 atom stereocenters. The summed E-state index contributed by atoms with van der Waals surface area (Å²) < 4.78 is -0.0572. The molecule has 3 fully saturated rings. The molecule has 5 nitrogen and oxygen atoms in total. The Morgan fingerprint density at radius 2 is 1.95 bits per heavy atom. The van der Waals surface area contributed by atoms with Gasteiger partial charge in [-0.3, -0.25) is 19.8 Å². The predicted octanol–water partition coefficient (Wildman–Crippen LogP) is 1.52. The fraction of sp³-hybridized carbons (Fsp3) is 0.769. The predicted molar refractivity (Wildman–Crippen MR) is 71.6 cm³/mol. The minimum Gasteiger partial charge on any atom is -0.277 e. The number of amides is 4. The molecule has 19 heavy (non-hydrogen) atoms. The number of nitrogens with one attached hydrogen (secondary N) is 1. The van der Waals surface area contributed by atoms with Crippen LogP contribution in [0.4, 0.5) is 4.79 Å². The van der Waals surface area contributed by atoms with Crippen molar-refractivity contribution in [1.29, 1.82) is 0 Å². The van der Waals surface area contributed by atoms with Crippen molar-refractivity contribution in [1.82, 2.24) is 10.2 Å². The van der Waals surface area contributed by atoms with E-state index in [-0.39, 0.29) is 10.7 Å². The maximum Gasteiger partial charge on any atom is 0.330 e. The average Bonchev–Trinajstić information content (AvgIpc) is 2.70. The van der Waals surface area contributed by atoms with Gasteiger partial charge in [0.05, 0.1) is 0 Å². The number of nitrogens with zero attached hydrogens (tertiary/aromatic N) is 1. The van der Waals surface area contributed by atoms with Crippen LogP contribution in [0.2, 0.25) is 0 Å². The van der Waals surface area contributed by atoms with Crippen LogP contribution < -0.4 is 5.32 Å². The second-order valence-electron chi connectivity index (χ2n) is 5.99. The second-order valence-corrected chi connectivity index (χ2v) is 7.67. The van der Waals surface area contributed by atoms with Crippen LogP contribution in [-0.2, 0) is 9.59 Å². The van der Waals surface area contributed by atoms with Gasteiger partial charge in [0.1, 0.15) is 5.41 Å². The van der Waals surface area contributed by atoms with Gasteiger partial charge in [-0.15, -0.1) is 0 Å². The molecule has 0 aromatic rings. The summed E-state index contributed by atoms with van der Waals surface area (Å²) in [6, 6.07) is -0.541. The van der Waals surface area contributed by atoms with E-state index in [1.165, 1.54) is 4.90 Å². The van der Waals surface area contributed by atoms with E-state index in [1.807, 2.05) is 11.8 Å². The first kappa shape index (κ1) is 13.0. The SMILES string of the molecule is CC1(CN2C(=O)NC(=O)C3(CCC3)C2=O)CCCS1. The van der Waals surface area contributed by atoms with Crippen LogP contribution in [0.3, 0.4) is 0 Å². The summed E-state index contributed by atoms with van der Waals surface area (Å²) in [4.78, 5) is 37.6. The minimum absolute atomic E-state index is 0.0572. The van der Waals surface area contributed by atoms with Gasteiger partial charge in [0, 0.05) is 11.3 Å². The minimum atomic E-state index is -0.937. The van der Waals surface area contributed by atoms with Crippen LogP contribution in [0.25, 0.3) is 0 Å². The van der Waals surface area contributed by atoms with Crippen LogP contribution in [0.5, 0.6) is 0 Å². The zero-order valence-electron chi connectivity index (χ0n) is 11.0. The largest absolute Gasteiger partial charge is 0.330 e. The Bertz CT molecular complexity index is 453. The highest BCUT2D eigenvalue weighted by Crippen LogP contribution is 2.46. The van der Waals surface area contributed by atoms with E-state index in [1.54, 1.807) is 0 Å². The van der Waals surface area contributed by atoms with Crippen LogP contribution in [0.15, 0.2) is 0 Å². The highest BCUT2D eigenvalue weighted by atomic mass is 32.2. The normalized spacial score (nSPS) is 33.5. The van der Waals surface area contributed by atoms with Crippen molar-refractivity contribution in [3.8, 4) is 0 Å². The molecule has 1 aliphatic carbocycles. The molecule has 104 valence electrons. The molecule has 1 N–H and O–H groups in total. The van der Waals surface area contributed by atoms with Gasteiger partial charge >= 0.3 is 6.03 Å². The Morgan fingerprint density at radius 1 is 1.21 bits per heavy atom. The standard InChI is InChI=1S/C13H18N2O3S/c1-12(4-3-7-19-12)8-15-10(17)13(5-2-6-13)9(16)14-11(15)18/h2-8H2,1H3,(H,14,16,18). The number of hydrogen-bond donors (Lipinski definition) is 1. The van der Waals surface area contributed by atoms with Crippen LogP contribution in [0, 0.1) is 5.41 Å². The second kappa shape index (κ2) is 4.23. The third-order valence-electron chi connectivity index (χ3n) is 4.55. The van der Waals surface area contributed by atoms with Gasteiger partial charge in [0.25, 0.3) is 0 Å². The molecule has 6 heteroatoms. The fourth-order valence-corrected chi connectivity index (χ4v) is 4.43. The lowest BCUT2D eigenvalue weighted by Crippen LogP contribution is -2.67. The van der Waals surface area contributed by atoms with Crippen molar-refractivity contribution in [2.45, 2.75) is 43.8 Å². The molecule has 0 bridgehead atoms. The Balaban J connectivity index is 1.82. The van der Waals surface area contributed by atoms with Crippen molar-refractivity contribution >= 4 is 29.6 Å². The smallest absolute Gasteiger partial charge is 0.277 e. The number of thioether (sulfide) groups is 1. The quantitative estimate of drug-likeness (QED) is 0.780. The van der Waals surface area contributed by atoms with E-state index in [9.17, 15) is 14.4 Å². The van der Waals surface area contributed by atoms with Crippen LogP contribution >= 0.6 is 11.8 Å². The number of hydrogen-bond acceptors (Lipinski definition) is 4. The molecule has 1 saturated carbocycles. The average molecular weight is 282 g/mol. The topological polar surface area (TPSA) is 66.5 Å². The van der Waals surface area contributed by atoms with E-state index in [4.69, 9.17) is 0 Å². The summed E-state index contributed by atoms with van der Waals surface area (Å²) in [7, 11) is 0. The van der Waals surface area contributed by atoms with E-state index in [0.29, 0.717) is 19.4 Å². The number of carbonyl (C=O) groups excluding carboxylic acids is 3. The molecule has 1 unspecified atom stereocenters. The molecule has 2 heterocycles. The van der Waals surface area contributed by atoms with Crippen molar-refractivity contribution in [2.75, 3.05) is 12.3 Å². The van der Waals surface area contributed by atoms with Crippen molar-refractivity contribution < 1.29 is 14.4 Å². The molecule has 3 rings (SSSR count). The number of imide groups is 2. The van der Waals surface area contributed by atoms with Crippen LogP contribution in [0.1, 0.15) is 39.0 Å². The molecular formula is C13H18N2O3S. The van der Waals surface area contributed by atoms with Gasteiger partial charge in [0.15, 0.2) is 0 Å². The maximum absolute atomic E-state index is 12.5. The third-order valence-corrected chi connectivity index (χ3v) is 6.08. The van der Waals surface area contributed by atoms with Gasteiger partial charge in [-0.05, 0) is 38.4 Å². The zero-order chi connectivity index (χ0) is 13.7. The number of rotatable bonds is 2. The number of barbiturate groups is 1. The Morgan fingerprint density at radius 3 is 2.47 bits per heavy atom. The van der Waals surface area contributed by atoms with E-state index in [2.05, 4.69) is 12.2 Å². The first-order valence-corrected chi connectivity index (χ1v) is 7.77. The third kappa shape index (κ3) is 1.88. The van der Waals surface area contributed by atoms with E-state index >= 15 is 0 Å². The highest BCUT2D eigenvalue weighted by molar-refractivity contribution is 8.00. The molecule has 3 aliphatic rings. The number of carbonyl (C=O) groups is 3. The molecule has 1 spiro atoms. The molecule has 2 saturated heterocycles. The Hall–Kier alpha value is -1.04.